The number of ether oxygens (including phenoxy) is 2. The summed E-state index contributed by atoms with van der Waals surface area (Å²) in [6.07, 6.45) is 5.34. The van der Waals surface area contributed by atoms with Crippen molar-refractivity contribution in [3.05, 3.63) is 60.0 Å². The maximum atomic E-state index is 6.20. The smallest absolute Gasteiger partial charge is 0.166 e. The van der Waals surface area contributed by atoms with Gasteiger partial charge in [-0.25, -0.2) is 15.0 Å². The van der Waals surface area contributed by atoms with Crippen LogP contribution in [0.5, 0.6) is 5.75 Å². The van der Waals surface area contributed by atoms with Gasteiger partial charge in [0.05, 0.1) is 24.4 Å². The molecule has 2 saturated heterocycles. The fraction of sp³-hybridized carbons (Fsp3) is 0.400. The molecular weight excluding hydrogens is 402 g/mol. The number of anilines is 2. The van der Waals surface area contributed by atoms with Crippen LogP contribution in [0.3, 0.4) is 0 Å². The van der Waals surface area contributed by atoms with Gasteiger partial charge in [-0.15, -0.1) is 0 Å². The number of nitrogens with zero attached hydrogens (tertiary/aromatic N) is 4. The van der Waals surface area contributed by atoms with E-state index in [-0.39, 0.29) is 6.10 Å². The molecule has 7 nitrogen and oxygen atoms in total. The number of pyridine rings is 1. The Morgan fingerprint density at radius 2 is 2.00 bits per heavy atom. The SMILES string of the molecule is CC(Oc1cc(-c2cc(N3CC4CC3CO4)nc(C3CC3)n2)cnc1N)c1ccccc1. The maximum absolute atomic E-state index is 6.20. The van der Waals surface area contributed by atoms with Crippen LogP contribution in [0, 0.1) is 0 Å². The lowest BCUT2D eigenvalue weighted by Gasteiger charge is -2.28. The first-order chi connectivity index (χ1) is 15.6. The van der Waals surface area contributed by atoms with Gasteiger partial charge in [0.2, 0.25) is 0 Å². The molecule has 6 rings (SSSR count). The van der Waals surface area contributed by atoms with Gasteiger partial charge in [0, 0.05) is 30.3 Å². The number of nitrogens with two attached hydrogens (primary N) is 1. The Labute approximate surface area is 187 Å². The maximum Gasteiger partial charge on any atom is 0.166 e. The zero-order chi connectivity index (χ0) is 21.7. The molecule has 164 valence electrons. The van der Waals surface area contributed by atoms with Crippen molar-refractivity contribution in [1.82, 2.24) is 15.0 Å². The van der Waals surface area contributed by atoms with Crippen LogP contribution < -0.4 is 15.4 Å². The normalized spacial score (nSPS) is 22.8. The Hall–Kier alpha value is -3.19. The molecule has 2 aliphatic heterocycles. The number of benzene rings is 1. The van der Waals surface area contributed by atoms with Crippen LogP contribution in [0.1, 0.15) is 49.6 Å². The van der Waals surface area contributed by atoms with Crippen LogP contribution in [-0.2, 0) is 4.74 Å². The van der Waals surface area contributed by atoms with Gasteiger partial charge in [0.15, 0.2) is 11.6 Å². The zero-order valence-electron chi connectivity index (χ0n) is 18.1. The van der Waals surface area contributed by atoms with Crippen molar-refractivity contribution < 1.29 is 9.47 Å². The van der Waals surface area contributed by atoms with E-state index in [4.69, 9.17) is 25.2 Å². The lowest BCUT2D eigenvalue weighted by molar-refractivity contribution is 0.0989. The number of nitrogen functional groups attached to an aromatic ring is 1. The number of hydrogen-bond donors (Lipinski definition) is 1. The monoisotopic (exact) mass is 429 g/mol. The predicted molar refractivity (Wildman–Crippen MR) is 123 cm³/mol. The average Bonchev–Trinajstić information content (AvgIpc) is 3.47. The van der Waals surface area contributed by atoms with Crippen molar-refractivity contribution in [1.29, 1.82) is 0 Å². The summed E-state index contributed by atoms with van der Waals surface area (Å²) in [4.78, 5) is 16.6. The van der Waals surface area contributed by atoms with Gasteiger partial charge >= 0.3 is 0 Å². The minimum absolute atomic E-state index is 0.140. The topological polar surface area (TPSA) is 86.4 Å². The molecule has 2 aromatic heterocycles. The molecule has 0 spiro atoms. The number of hydrogen-bond acceptors (Lipinski definition) is 7. The molecule has 32 heavy (non-hydrogen) atoms. The van der Waals surface area contributed by atoms with E-state index in [0.29, 0.717) is 29.6 Å². The van der Waals surface area contributed by atoms with Crippen LogP contribution in [0.2, 0.25) is 0 Å². The zero-order valence-corrected chi connectivity index (χ0v) is 18.1. The van der Waals surface area contributed by atoms with Crippen molar-refractivity contribution in [2.24, 2.45) is 0 Å². The molecule has 7 heteroatoms. The van der Waals surface area contributed by atoms with Crippen molar-refractivity contribution in [3.8, 4) is 17.0 Å². The largest absolute Gasteiger partial charge is 0.482 e. The summed E-state index contributed by atoms with van der Waals surface area (Å²) in [5.74, 6) is 3.32. The molecule has 0 amide bonds. The third-order valence-corrected chi connectivity index (χ3v) is 6.62. The highest BCUT2D eigenvalue weighted by molar-refractivity contribution is 5.67. The van der Waals surface area contributed by atoms with Crippen molar-refractivity contribution >= 4 is 11.6 Å². The molecule has 3 aromatic rings. The third kappa shape index (κ3) is 3.66. The first-order valence-electron chi connectivity index (χ1n) is 11.4. The van der Waals surface area contributed by atoms with E-state index in [1.54, 1.807) is 6.20 Å². The summed E-state index contributed by atoms with van der Waals surface area (Å²) in [6, 6.07) is 14.5. The van der Waals surface area contributed by atoms with Crippen molar-refractivity contribution in [2.45, 2.75) is 50.4 Å². The number of fused-ring (bicyclic) bond motifs is 2. The molecule has 2 bridgehead atoms. The standard InChI is InChI=1S/C25H27N5O2/c1-15(16-5-3-2-4-6-16)32-22-9-18(12-27-24(22)26)21-11-23(29-25(28-21)17-7-8-17)30-13-20-10-19(30)14-31-20/h2-6,9,11-12,15,17,19-20H,7-8,10,13-14H2,1H3,(H2,26,27). The van der Waals surface area contributed by atoms with Crippen LogP contribution >= 0.6 is 0 Å². The van der Waals surface area contributed by atoms with Crippen LogP contribution in [0.4, 0.5) is 11.6 Å². The van der Waals surface area contributed by atoms with E-state index in [9.17, 15) is 0 Å². The highest BCUT2D eigenvalue weighted by Gasteiger charge is 2.40. The lowest BCUT2D eigenvalue weighted by atomic mass is 10.1. The molecule has 3 aliphatic rings. The summed E-state index contributed by atoms with van der Waals surface area (Å²) in [5.41, 5.74) is 9.00. The molecule has 3 atom stereocenters. The van der Waals surface area contributed by atoms with Crippen LogP contribution in [0.15, 0.2) is 48.7 Å². The average molecular weight is 430 g/mol. The molecular formula is C25H27N5O2. The quantitative estimate of drug-likeness (QED) is 0.631. The third-order valence-electron chi connectivity index (χ3n) is 6.62. The number of rotatable bonds is 6. The Bertz CT molecular complexity index is 1130. The summed E-state index contributed by atoms with van der Waals surface area (Å²) in [5, 5.41) is 0. The van der Waals surface area contributed by atoms with E-state index in [0.717, 1.165) is 60.9 Å². The summed E-state index contributed by atoms with van der Waals surface area (Å²) >= 11 is 0. The molecule has 3 unspecified atom stereocenters. The second-order valence-corrected chi connectivity index (χ2v) is 9.02. The summed E-state index contributed by atoms with van der Waals surface area (Å²) < 4.78 is 12.0. The van der Waals surface area contributed by atoms with Crippen LogP contribution in [-0.4, -0.2) is 40.2 Å². The minimum atomic E-state index is -0.140. The van der Waals surface area contributed by atoms with Crippen LogP contribution in [0.25, 0.3) is 11.3 Å². The summed E-state index contributed by atoms with van der Waals surface area (Å²) in [7, 11) is 0. The van der Waals surface area contributed by atoms with E-state index in [1.165, 1.54) is 0 Å². The Morgan fingerprint density at radius 1 is 1.16 bits per heavy atom. The molecule has 1 aromatic carbocycles. The van der Waals surface area contributed by atoms with Gasteiger partial charge in [0.1, 0.15) is 17.7 Å². The van der Waals surface area contributed by atoms with Crippen molar-refractivity contribution in [2.75, 3.05) is 23.8 Å². The van der Waals surface area contributed by atoms with Crippen molar-refractivity contribution in [3.63, 3.8) is 0 Å². The Morgan fingerprint density at radius 3 is 2.72 bits per heavy atom. The lowest BCUT2D eigenvalue weighted by Crippen LogP contribution is -2.37. The molecule has 3 fully saturated rings. The van der Waals surface area contributed by atoms with Gasteiger partial charge in [-0.3, -0.25) is 0 Å². The Balaban J connectivity index is 1.33. The summed E-state index contributed by atoms with van der Waals surface area (Å²) in [6.45, 7) is 3.69. The fourth-order valence-corrected chi connectivity index (χ4v) is 4.62. The molecule has 0 radical (unpaired) electrons. The van der Waals surface area contributed by atoms with Gasteiger partial charge < -0.3 is 20.1 Å². The molecule has 2 N–H and O–H groups in total. The molecule has 4 heterocycles. The van der Waals surface area contributed by atoms with Gasteiger partial charge in [-0.2, -0.15) is 0 Å². The second-order valence-electron chi connectivity index (χ2n) is 9.02. The van der Waals surface area contributed by atoms with E-state index in [2.05, 4.69) is 16.0 Å². The van der Waals surface area contributed by atoms with Gasteiger partial charge in [0.25, 0.3) is 0 Å². The van der Waals surface area contributed by atoms with E-state index < -0.39 is 0 Å². The van der Waals surface area contributed by atoms with E-state index in [1.807, 2.05) is 43.3 Å². The Kier molecular flexibility index (Phi) is 4.72. The highest BCUT2D eigenvalue weighted by atomic mass is 16.5. The minimum Gasteiger partial charge on any atom is -0.482 e. The van der Waals surface area contributed by atoms with Gasteiger partial charge in [-0.05, 0) is 37.8 Å². The highest BCUT2D eigenvalue weighted by Crippen LogP contribution is 2.41. The number of aromatic nitrogens is 3. The molecule has 1 saturated carbocycles. The van der Waals surface area contributed by atoms with E-state index >= 15 is 0 Å². The fourth-order valence-electron chi connectivity index (χ4n) is 4.62. The first kappa shape index (κ1) is 19.5. The number of morpholine rings is 1. The second kappa shape index (κ2) is 7.74. The first-order valence-corrected chi connectivity index (χ1v) is 11.4. The molecule has 1 aliphatic carbocycles. The predicted octanol–water partition coefficient (Wildman–Crippen LogP) is 4.12. The van der Waals surface area contributed by atoms with Gasteiger partial charge in [-0.1, -0.05) is 30.3 Å².